The van der Waals surface area contributed by atoms with Gasteiger partial charge in [0.05, 0.1) is 5.75 Å². The van der Waals surface area contributed by atoms with Gasteiger partial charge in [0.2, 0.25) is 0 Å². The predicted molar refractivity (Wildman–Crippen MR) is 95.1 cm³/mol. The summed E-state index contributed by atoms with van der Waals surface area (Å²) in [5.74, 6) is -1.28. The van der Waals surface area contributed by atoms with E-state index in [1.165, 1.54) is 17.8 Å². The van der Waals surface area contributed by atoms with Gasteiger partial charge in [0.25, 0.3) is 5.91 Å². The lowest BCUT2D eigenvalue weighted by Gasteiger charge is -2.17. The second-order valence-corrected chi connectivity index (χ2v) is 6.89. The second-order valence-electron chi connectivity index (χ2n) is 5.28. The van der Waals surface area contributed by atoms with E-state index >= 15 is 0 Å². The first kappa shape index (κ1) is 18.7. The van der Waals surface area contributed by atoms with Crippen molar-refractivity contribution in [3.63, 3.8) is 0 Å². The molecule has 1 saturated heterocycles. The van der Waals surface area contributed by atoms with Crippen LogP contribution in [-0.4, -0.2) is 46.5 Å². The zero-order valence-electron chi connectivity index (χ0n) is 13.1. The second kappa shape index (κ2) is 9.58. The van der Waals surface area contributed by atoms with Crippen LogP contribution in [0.3, 0.4) is 0 Å². The van der Waals surface area contributed by atoms with Crippen LogP contribution in [0.1, 0.15) is 18.4 Å². The molecule has 1 aliphatic rings. The molecular formula is C16H19FN2O3S2. The Kier molecular flexibility index (Phi) is 7.45. The minimum atomic E-state index is -0.498. The van der Waals surface area contributed by atoms with Crippen molar-refractivity contribution >= 4 is 40.2 Å². The lowest BCUT2D eigenvalue weighted by atomic mass is 10.2. The van der Waals surface area contributed by atoms with E-state index in [4.69, 9.17) is 17.0 Å². The number of ether oxygens (including phenoxy) is 1. The van der Waals surface area contributed by atoms with Crippen LogP contribution in [-0.2, 0) is 20.9 Å². The average molecular weight is 370 g/mol. The van der Waals surface area contributed by atoms with Gasteiger partial charge in [-0.15, -0.1) is 0 Å². The number of thiocarbonyl (C=S) groups is 1. The third-order valence-corrected chi connectivity index (χ3v) is 4.97. The fraction of sp³-hybridized carbons (Fsp3) is 0.438. The van der Waals surface area contributed by atoms with Crippen LogP contribution in [0.25, 0.3) is 0 Å². The molecule has 1 fully saturated rings. The molecule has 0 saturated carbocycles. The number of nitrogens with one attached hydrogen (secondary N) is 1. The van der Waals surface area contributed by atoms with E-state index in [2.05, 4.69) is 10.2 Å². The molecule has 1 N–H and O–H groups in total. The minimum absolute atomic E-state index is 0.0524. The Morgan fingerprint density at radius 3 is 2.71 bits per heavy atom. The van der Waals surface area contributed by atoms with Gasteiger partial charge in [0.1, 0.15) is 10.1 Å². The third-order valence-electron chi connectivity index (χ3n) is 3.48. The molecule has 0 atom stereocenters. The van der Waals surface area contributed by atoms with E-state index in [0.29, 0.717) is 9.88 Å². The number of nitrogens with zero attached hydrogens (tertiary/aromatic N) is 1. The number of carbonyl (C=O) groups is 2. The van der Waals surface area contributed by atoms with Crippen molar-refractivity contribution in [3.8, 4) is 0 Å². The number of esters is 1. The summed E-state index contributed by atoms with van der Waals surface area (Å²) < 4.78 is 19.0. The van der Waals surface area contributed by atoms with Crippen LogP contribution in [0.15, 0.2) is 24.3 Å². The Hall–Kier alpha value is -1.67. The summed E-state index contributed by atoms with van der Waals surface area (Å²) in [4.78, 5) is 25.3. The van der Waals surface area contributed by atoms with Gasteiger partial charge in [-0.1, -0.05) is 42.2 Å². The summed E-state index contributed by atoms with van der Waals surface area (Å²) in [7, 11) is 0. The zero-order chi connectivity index (χ0) is 17.4. The van der Waals surface area contributed by atoms with E-state index in [1.807, 2.05) is 0 Å². The first-order chi connectivity index (χ1) is 11.6. The molecule has 0 spiro atoms. The Bertz CT molecular complexity index is 607. The molecule has 1 aromatic rings. The zero-order valence-corrected chi connectivity index (χ0v) is 14.8. The van der Waals surface area contributed by atoms with E-state index in [9.17, 15) is 14.0 Å². The summed E-state index contributed by atoms with van der Waals surface area (Å²) in [6.07, 6.45) is 2.24. The van der Waals surface area contributed by atoms with Crippen LogP contribution < -0.4 is 5.32 Å². The maximum atomic E-state index is 13.4. The monoisotopic (exact) mass is 370 g/mol. The van der Waals surface area contributed by atoms with Crippen LogP contribution in [0.5, 0.6) is 0 Å². The summed E-state index contributed by atoms with van der Waals surface area (Å²) in [5.41, 5.74) is 0.378. The lowest BCUT2D eigenvalue weighted by Crippen LogP contribution is -2.29. The van der Waals surface area contributed by atoms with Crippen molar-refractivity contribution in [3.05, 3.63) is 35.6 Å². The topological polar surface area (TPSA) is 58.6 Å². The van der Waals surface area contributed by atoms with Gasteiger partial charge in [-0.3, -0.25) is 9.59 Å². The van der Waals surface area contributed by atoms with Crippen molar-refractivity contribution in [1.82, 2.24) is 10.2 Å². The Morgan fingerprint density at radius 1 is 1.29 bits per heavy atom. The first-order valence-corrected chi connectivity index (χ1v) is 9.03. The van der Waals surface area contributed by atoms with Crippen LogP contribution >= 0.6 is 24.0 Å². The maximum absolute atomic E-state index is 13.4. The number of rotatable bonds is 6. The molecule has 1 heterocycles. The van der Waals surface area contributed by atoms with Crippen molar-refractivity contribution in [1.29, 1.82) is 0 Å². The van der Waals surface area contributed by atoms with Gasteiger partial charge < -0.3 is 15.0 Å². The highest BCUT2D eigenvalue weighted by atomic mass is 32.2. The highest BCUT2D eigenvalue weighted by molar-refractivity contribution is 8.23. The van der Waals surface area contributed by atoms with Crippen LogP contribution in [0, 0.1) is 5.82 Å². The molecule has 2 rings (SSSR count). The highest BCUT2D eigenvalue weighted by Gasteiger charge is 2.17. The quantitative estimate of drug-likeness (QED) is 0.611. The molecule has 5 nitrogen and oxygen atoms in total. The van der Waals surface area contributed by atoms with Crippen LogP contribution in [0.4, 0.5) is 4.39 Å². The minimum Gasteiger partial charge on any atom is -0.455 e. The molecular weight excluding hydrogens is 351 g/mol. The van der Waals surface area contributed by atoms with Gasteiger partial charge in [-0.2, -0.15) is 0 Å². The summed E-state index contributed by atoms with van der Waals surface area (Å²) in [6, 6.07) is 6.16. The Morgan fingerprint density at radius 2 is 2.00 bits per heavy atom. The van der Waals surface area contributed by atoms with E-state index in [-0.39, 0.29) is 24.7 Å². The number of hydrogen-bond acceptors (Lipinski definition) is 5. The normalized spacial score (nSPS) is 13.6. The SMILES string of the molecule is O=C(COC(=O)CSC(=S)N1CCCC1)NCc1ccccc1F. The smallest absolute Gasteiger partial charge is 0.316 e. The van der Waals surface area contributed by atoms with Gasteiger partial charge >= 0.3 is 5.97 Å². The number of likely N-dealkylation sites (tertiary alicyclic amines) is 1. The molecule has 130 valence electrons. The molecule has 0 aliphatic carbocycles. The standard InChI is InChI=1S/C16H19FN2O3S2/c17-13-6-2-1-5-12(13)9-18-14(20)10-22-15(21)11-24-16(23)19-7-3-4-8-19/h1-2,5-6H,3-4,7-11H2,(H,18,20). The van der Waals surface area contributed by atoms with Crippen molar-refractivity contribution in [2.75, 3.05) is 25.4 Å². The number of thioether (sulfide) groups is 1. The molecule has 1 amide bonds. The number of hydrogen-bond donors (Lipinski definition) is 1. The van der Waals surface area contributed by atoms with Gasteiger partial charge in [-0.05, 0) is 18.9 Å². The third kappa shape index (κ3) is 6.09. The number of amides is 1. The summed E-state index contributed by atoms with van der Waals surface area (Å²) >= 11 is 6.49. The predicted octanol–water partition coefficient (Wildman–Crippen LogP) is 2.10. The van der Waals surface area contributed by atoms with Gasteiger partial charge in [0, 0.05) is 25.2 Å². The average Bonchev–Trinajstić information content (AvgIpc) is 3.11. The number of benzene rings is 1. The lowest BCUT2D eigenvalue weighted by molar-refractivity contribution is -0.145. The molecule has 8 heteroatoms. The number of halogens is 1. The van der Waals surface area contributed by atoms with E-state index < -0.39 is 11.9 Å². The molecule has 1 aliphatic heterocycles. The fourth-order valence-corrected chi connectivity index (χ4v) is 3.24. The molecule has 24 heavy (non-hydrogen) atoms. The molecule has 1 aromatic carbocycles. The Balaban J connectivity index is 1.61. The maximum Gasteiger partial charge on any atom is 0.316 e. The molecule has 0 radical (unpaired) electrons. The molecule has 0 bridgehead atoms. The summed E-state index contributed by atoms with van der Waals surface area (Å²) in [6.45, 7) is 1.53. The number of carbonyl (C=O) groups excluding carboxylic acids is 2. The van der Waals surface area contributed by atoms with Crippen molar-refractivity contribution < 1.29 is 18.7 Å². The summed E-state index contributed by atoms with van der Waals surface area (Å²) in [5, 5.41) is 2.51. The Labute approximate surface area is 149 Å². The van der Waals surface area contributed by atoms with Crippen LogP contribution in [0.2, 0.25) is 0 Å². The fourth-order valence-electron chi connectivity index (χ4n) is 2.19. The van der Waals surface area contributed by atoms with Crippen molar-refractivity contribution in [2.24, 2.45) is 0 Å². The van der Waals surface area contributed by atoms with Gasteiger partial charge in [-0.25, -0.2) is 4.39 Å². The highest BCUT2D eigenvalue weighted by Crippen LogP contribution is 2.16. The van der Waals surface area contributed by atoms with E-state index in [0.717, 1.165) is 25.9 Å². The van der Waals surface area contributed by atoms with Gasteiger partial charge in [0.15, 0.2) is 6.61 Å². The van der Waals surface area contributed by atoms with E-state index in [1.54, 1.807) is 18.2 Å². The van der Waals surface area contributed by atoms with Crippen molar-refractivity contribution in [2.45, 2.75) is 19.4 Å². The molecule has 0 unspecified atom stereocenters. The largest absolute Gasteiger partial charge is 0.455 e. The molecule has 0 aromatic heterocycles. The first-order valence-electron chi connectivity index (χ1n) is 7.63.